The molecular weight excluding hydrogens is 230 g/mol. The van der Waals surface area contributed by atoms with Gasteiger partial charge < -0.3 is 5.11 Å². The Morgan fingerprint density at radius 2 is 2.15 bits per heavy atom. The minimum absolute atomic E-state index is 0.363. The fourth-order valence-electron chi connectivity index (χ4n) is 1.71. The van der Waals surface area contributed by atoms with Crippen LogP contribution in [0.1, 0.15) is 17.5 Å². The van der Waals surface area contributed by atoms with Crippen LogP contribution >= 0.6 is 16.1 Å². The van der Waals surface area contributed by atoms with Crippen molar-refractivity contribution in [2.24, 2.45) is 0 Å². The predicted octanol–water partition coefficient (Wildman–Crippen LogP) is 2.45. The molecule has 0 saturated carbocycles. The zero-order valence-electron chi connectivity index (χ0n) is 7.33. The smallest absolute Gasteiger partial charge is 0.115 e. The van der Waals surface area contributed by atoms with Crippen molar-refractivity contribution in [3.05, 3.63) is 29.3 Å². The molecule has 2 nitrogen and oxygen atoms in total. The topological polar surface area (TPSA) is 23.5 Å². The van der Waals surface area contributed by atoms with Crippen LogP contribution in [0.5, 0.6) is 5.75 Å². The van der Waals surface area contributed by atoms with E-state index in [-0.39, 0.29) is 0 Å². The average molecular weight is 242 g/mol. The Kier molecular flexibility index (Phi) is 2.56. The molecule has 13 heavy (non-hydrogen) atoms. The number of hydrogen-bond donors (Lipinski definition) is 1. The molecule has 1 aliphatic heterocycles. The molecule has 3 heteroatoms. The monoisotopic (exact) mass is 241 g/mol. The van der Waals surface area contributed by atoms with E-state index in [2.05, 4.69) is 20.1 Å². The lowest BCUT2D eigenvalue weighted by molar-refractivity contribution is 0.468. The molecule has 0 unspecified atom stereocenters. The fourth-order valence-corrected chi connectivity index (χ4v) is 2.23. The van der Waals surface area contributed by atoms with E-state index in [1.165, 1.54) is 17.5 Å². The van der Waals surface area contributed by atoms with E-state index in [0.717, 1.165) is 19.5 Å². The van der Waals surface area contributed by atoms with Gasteiger partial charge in [-0.15, -0.1) is 0 Å². The van der Waals surface area contributed by atoms with Gasteiger partial charge in [0.15, 0.2) is 0 Å². The molecule has 0 saturated heterocycles. The van der Waals surface area contributed by atoms with Crippen LogP contribution in [-0.2, 0) is 13.0 Å². The molecule has 0 spiro atoms. The van der Waals surface area contributed by atoms with Crippen LogP contribution < -0.4 is 0 Å². The Hall–Kier alpha value is -0.540. The summed E-state index contributed by atoms with van der Waals surface area (Å²) in [6.07, 6.45) is 2.28. The maximum Gasteiger partial charge on any atom is 0.115 e. The van der Waals surface area contributed by atoms with E-state index in [1.54, 1.807) is 6.07 Å². The first kappa shape index (κ1) is 9.03. The zero-order chi connectivity index (χ0) is 9.26. The zero-order valence-corrected chi connectivity index (χ0v) is 8.92. The number of fused-ring (bicyclic) bond motifs is 1. The second kappa shape index (κ2) is 3.68. The molecule has 0 amide bonds. The first-order valence-electron chi connectivity index (χ1n) is 4.47. The van der Waals surface area contributed by atoms with Crippen LogP contribution in [0.3, 0.4) is 0 Å². The Morgan fingerprint density at radius 3 is 3.00 bits per heavy atom. The van der Waals surface area contributed by atoms with E-state index in [0.29, 0.717) is 5.75 Å². The van der Waals surface area contributed by atoms with Crippen molar-refractivity contribution >= 4 is 16.1 Å². The maximum absolute atomic E-state index is 9.33. The number of aryl methyl sites for hydroxylation is 1. The van der Waals surface area contributed by atoms with Gasteiger partial charge in [-0.25, -0.2) is 3.93 Å². The van der Waals surface area contributed by atoms with Crippen LogP contribution in [0.15, 0.2) is 18.2 Å². The maximum atomic E-state index is 9.33. The molecule has 0 radical (unpaired) electrons. The van der Waals surface area contributed by atoms with E-state index in [9.17, 15) is 5.11 Å². The van der Waals surface area contributed by atoms with Crippen LogP contribution in [0.25, 0.3) is 0 Å². The number of aromatic hydroxyl groups is 1. The number of benzene rings is 1. The predicted molar refractivity (Wildman–Crippen MR) is 55.8 cm³/mol. The summed E-state index contributed by atoms with van der Waals surface area (Å²) in [5.41, 5.74) is 2.59. The normalized spacial score (nSPS) is 17.9. The SMILES string of the molecule is Oc1ccc2c(c1)CN(Br)CCC2. The summed E-state index contributed by atoms with van der Waals surface area (Å²) in [4.78, 5) is 0. The first-order chi connectivity index (χ1) is 6.25. The highest BCUT2D eigenvalue weighted by Crippen LogP contribution is 2.23. The largest absolute Gasteiger partial charge is 0.508 e. The van der Waals surface area contributed by atoms with Crippen molar-refractivity contribution in [3.63, 3.8) is 0 Å². The number of phenolic OH excluding ortho intramolecular Hbond substituents is 1. The van der Waals surface area contributed by atoms with E-state index < -0.39 is 0 Å². The van der Waals surface area contributed by atoms with Crippen molar-refractivity contribution in [2.75, 3.05) is 6.54 Å². The standard InChI is InChI=1S/C10H12BrNO/c11-12-5-1-2-8-3-4-10(13)6-9(8)7-12/h3-4,6,13H,1-2,5,7H2. The summed E-state index contributed by atoms with van der Waals surface area (Å²) in [6, 6.07) is 5.65. The molecule has 1 N–H and O–H groups in total. The Balaban J connectivity index is 2.35. The van der Waals surface area contributed by atoms with Crippen molar-refractivity contribution in [1.29, 1.82) is 0 Å². The molecule has 0 fully saturated rings. The second-order valence-corrected chi connectivity index (χ2v) is 4.40. The van der Waals surface area contributed by atoms with Crippen LogP contribution in [0.2, 0.25) is 0 Å². The number of rotatable bonds is 0. The van der Waals surface area contributed by atoms with Crippen LogP contribution in [0.4, 0.5) is 0 Å². The van der Waals surface area contributed by atoms with Crippen molar-refractivity contribution in [3.8, 4) is 5.75 Å². The summed E-state index contributed by atoms with van der Waals surface area (Å²) in [5, 5.41) is 9.33. The summed E-state index contributed by atoms with van der Waals surface area (Å²) < 4.78 is 2.11. The van der Waals surface area contributed by atoms with Crippen molar-refractivity contribution < 1.29 is 5.11 Å². The van der Waals surface area contributed by atoms with Gasteiger partial charge in [-0.2, -0.15) is 0 Å². The number of phenols is 1. The Morgan fingerprint density at radius 1 is 1.31 bits per heavy atom. The van der Waals surface area contributed by atoms with Gasteiger partial charge in [0.25, 0.3) is 0 Å². The van der Waals surface area contributed by atoms with Gasteiger partial charge in [-0.05, 0) is 36.1 Å². The van der Waals surface area contributed by atoms with Gasteiger partial charge in [0.05, 0.1) is 0 Å². The molecule has 0 bridgehead atoms. The highest BCUT2D eigenvalue weighted by atomic mass is 79.9. The average Bonchev–Trinajstić information content (AvgIpc) is 2.25. The lowest BCUT2D eigenvalue weighted by Crippen LogP contribution is -2.09. The lowest BCUT2D eigenvalue weighted by atomic mass is 10.0. The minimum Gasteiger partial charge on any atom is -0.508 e. The molecule has 0 atom stereocenters. The van der Waals surface area contributed by atoms with Gasteiger partial charge in [0, 0.05) is 29.2 Å². The Labute approximate surface area is 86.5 Å². The van der Waals surface area contributed by atoms with Crippen molar-refractivity contribution in [1.82, 2.24) is 3.93 Å². The van der Waals surface area contributed by atoms with Gasteiger partial charge in [-0.1, -0.05) is 6.07 Å². The summed E-state index contributed by atoms with van der Waals surface area (Å²) >= 11 is 3.48. The van der Waals surface area contributed by atoms with E-state index in [4.69, 9.17) is 0 Å². The fraction of sp³-hybridized carbons (Fsp3) is 0.400. The molecule has 1 aromatic carbocycles. The number of nitrogens with zero attached hydrogens (tertiary/aromatic N) is 1. The van der Waals surface area contributed by atoms with Crippen molar-refractivity contribution in [2.45, 2.75) is 19.4 Å². The highest BCUT2D eigenvalue weighted by Gasteiger charge is 2.12. The van der Waals surface area contributed by atoms with Gasteiger partial charge >= 0.3 is 0 Å². The molecule has 1 aliphatic rings. The lowest BCUT2D eigenvalue weighted by Gasteiger charge is -2.10. The molecule has 0 aromatic heterocycles. The third-order valence-corrected chi connectivity index (χ3v) is 2.98. The third-order valence-electron chi connectivity index (χ3n) is 2.38. The van der Waals surface area contributed by atoms with Crippen LogP contribution in [-0.4, -0.2) is 15.6 Å². The van der Waals surface area contributed by atoms with E-state index in [1.807, 2.05) is 12.1 Å². The number of halogens is 1. The van der Waals surface area contributed by atoms with E-state index >= 15 is 0 Å². The van der Waals surface area contributed by atoms with Gasteiger partial charge in [-0.3, -0.25) is 0 Å². The second-order valence-electron chi connectivity index (χ2n) is 3.40. The first-order valence-corrected chi connectivity index (χ1v) is 5.18. The number of hydrogen-bond acceptors (Lipinski definition) is 2. The molecule has 2 rings (SSSR count). The Bertz CT molecular complexity index is 314. The molecule has 1 heterocycles. The van der Waals surface area contributed by atoms with Gasteiger partial charge in [0.1, 0.15) is 5.75 Å². The summed E-state index contributed by atoms with van der Waals surface area (Å²) in [6.45, 7) is 1.94. The van der Waals surface area contributed by atoms with Crippen LogP contribution in [0, 0.1) is 0 Å². The summed E-state index contributed by atoms with van der Waals surface area (Å²) in [7, 11) is 0. The molecular formula is C10H12BrNO. The molecule has 0 aliphatic carbocycles. The summed E-state index contributed by atoms with van der Waals surface area (Å²) in [5.74, 6) is 0.363. The van der Waals surface area contributed by atoms with Gasteiger partial charge in [0.2, 0.25) is 0 Å². The molecule has 70 valence electrons. The minimum atomic E-state index is 0.363. The molecule has 1 aromatic rings. The third kappa shape index (κ3) is 2.03. The highest BCUT2D eigenvalue weighted by molar-refractivity contribution is 9.07. The quantitative estimate of drug-likeness (QED) is 0.706.